The lowest BCUT2D eigenvalue weighted by molar-refractivity contribution is -0.185. The lowest BCUT2D eigenvalue weighted by Gasteiger charge is -2.19. The summed E-state index contributed by atoms with van der Waals surface area (Å²) in [5.74, 6) is -5.68. The third-order valence-corrected chi connectivity index (χ3v) is 2.86. The quantitative estimate of drug-likeness (QED) is 0.380. The number of hydrogen-bond acceptors (Lipinski definition) is 10. The number of aliphatic hydroxyl groups is 1. The molecule has 0 rings (SSSR count). The first-order valence-corrected chi connectivity index (χ1v) is 7.59. The summed E-state index contributed by atoms with van der Waals surface area (Å²) in [7, 11) is 0. The molecule has 0 aromatic rings. The van der Waals surface area contributed by atoms with E-state index in [1.54, 1.807) is 0 Å². The van der Waals surface area contributed by atoms with Gasteiger partial charge in [0.25, 0.3) is 0 Å². The number of aliphatic hydroxyl groups excluding tert-OH is 1. The molecule has 0 aromatic heterocycles. The van der Waals surface area contributed by atoms with E-state index in [2.05, 4.69) is 9.47 Å². The van der Waals surface area contributed by atoms with Crippen molar-refractivity contribution in [2.75, 3.05) is 0 Å². The lowest BCUT2D eigenvalue weighted by atomic mass is 10.3. The zero-order valence-electron chi connectivity index (χ0n) is 15.0. The number of esters is 4. The number of rotatable bonds is 9. The maximum Gasteiger partial charge on any atom is 0.347 e. The van der Waals surface area contributed by atoms with Gasteiger partial charge in [-0.1, -0.05) is 0 Å². The van der Waals surface area contributed by atoms with Gasteiger partial charge in [-0.2, -0.15) is 0 Å². The standard InChI is InChI=1S/C15H22O11/c1-6(16)12(19)24-8(3)14(21)26-10(5)15(22)25-9(4)13(20)23-7(2)11(17)18/h6-10,16H,1-5H3,(H,17,18)/t6-,7-,8-,9-,10-/m0/s1. The zero-order chi connectivity index (χ0) is 20.6. The molecule has 0 aromatic carbocycles. The maximum atomic E-state index is 11.8. The van der Waals surface area contributed by atoms with Gasteiger partial charge in [0, 0.05) is 0 Å². The summed E-state index contributed by atoms with van der Waals surface area (Å²) in [6, 6.07) is 0. The third kappa shape index (κ3) is 7.92. The molecule has 0 spiro atoms. The molecular formula is C15H22O11. The van der Waals surface area contributed by atoms with Crippen LogP contribution < -0.4 is 0 Å². The normalized spacial score (nSPS) is 16.2. The van der Waals surface area contributed by atoms with Gasteiger partial charge in [-0.25, -0.2) is 24.0 Å². The van der Waals surface area contributed by atoms with Gasteiger partial charge in [-0.05, 0) is 34.6 Å². The van der Waals surface area contributed by atoms with Crippen LogP contribution in [0.5, 0.6) is 0 Å². The van der Waals surface area contributed by atoms with Crippen LogP contribution in [0.1, 0.15) is 34.6 Å². The minimum Gasteiger partial charge on any atom is -0.479 e. The van der Waals surface area contributed by atoms with Crippen molar-refractivity contribution in [1.82, 2.24) is 0 Å². The Morgan fingerprint density at radius 3 is 1.12 bits per heavy atom. The van der Waals surface area contributed by atoms with Crippen LogP contribution in [0.25, 0.3) is 0 Å². The van der Waals surface area contributed by atoms with E-state index >= 15 is 0 Å². The molecule has 26 heavy (non-hydrogen) atoms. The number of carbonyl (C=O) groups is 5. The number of hydrogen-bond donors (Lipinski definition) is 2. The van der Waals surface area contributed by atoms with Gasteiger partial charge in [-0.3, -0.25) is 0 Å². The second kappa shape index (κ2) is 10.3. The fourth-order valence-electron chi connectivity index (χ4n) is 1.28. The molecule has 0 aliphatic rings. The van der Waals surface area contributed by atoms with E-state index in [-0.39, 0.29) is 0 Å². The van der Waals surface area contributed by atoms with Crippen LogP contribution in [0, 0.1) is 0 Å². The molecule has 11 nitrogen and oxygen atoms in total. The van der Waals surface area contributed by atoms with Crippen LogP contribution in [-0.2, 0) is 42.9 Å². The Kier molecular flexibility index (Phi) is 9.27. The molecule has 0 unspecified atom stereocenters. The number of carboxylic acids is 1. The molecule has 148 valence electrons. The maximum absolute atomic E-state index is 11.8. The van der Waals surface area contributed by atoms with E-state index in [9.17, 15) is 24.0 Å². The molecular weight excluding hydrogens is 356 g/mol. The molecule has 0 aliphatic heterocycles. The molecule has 0 radical (unpaired) electrons. The molecule has 0 aliphatic carbocycles. The van der Waals surface area contributed by atoms with Gasteiger partial charge in [0.2, 0.25) is 0 Å². The van der Waals surface area contributed by atoms with Crippen LogP contribution in [0.15, 0.2) is 0 Å². The van der Waals surface area contributed by atoms with E-state index in [0.29, 0.717) is 0 Å². The molecule has 0 fully saturated rings. The molecule has 2 N–H and O–H groups in total. The molecule has 0 saturated carbocycles. The fraction of sp³-hybridized carbons (Fsp3) is 0.667. The highest BCUT2D eigenvalue weighted by atomic mass is 16.6. The van der Waals surface area contributed by atoms with Crippen molar-refractivity contribution >= 4 is 29.8 Å². The minimum atomic E-state index is -1.44. The van der Waals surface area contributed by atoms with Crippen LogP contribution in [-0.4, -0.2) is 70.6 Å². The van der Waals surface area contributed by atoms with Gasteiger partial charge in [0.05, 0.1) is 0 Å². The molecule has 0 saturated heterocycles. The van der Waals surface area contributed by atoms with Crippen molar-refractivity contribution in [3.63, 3.8) is 0 Å². The average Bonchev–Trinajstić information content (AvgIpc) is 2.53. The zero-order valence-corrected chi connectivity index (χ0v) is 15.0. The number of ether oxygens (including phenoxy) is 4. The summed E-state index contributed by atoms with van der Waals surface area (Å²) < 4.78 is 18.6. The van der Waals surface area contributed by atoms with E-state index in [4.69, 9.17) is 19.7 Å². The topological polar surface area (TPSA) is 163 Å². The van der Waals surface area contributed by atoms with Crippen LogP contribution in [0.4, 0.5) is 0 Å². The van der Waals surface area contributed by atoms with Crippen molar-refractivity contribution in [2.45, 2.75) is 65.1 Å². The second-order valence-corrected chi connectivity index (χ2v) is 5.33. The fourth-order valence-corrected chi connectivity index (χ4v) is 1.28. The van der Waals surface area contributed by atoms with E-state index in [1.807, 2.05) is 0 Å². The van der Waals surface area contributed by atoms with Crippen molar-refractivity contribution in [1.29, 1.82) is 0 Å². The summed E-state index contributed by atoms with van der Waals surface area (Å²) in [4.78, 5) is 56.9. The van der Waals surface area contributed by atoms with Crippen molar-refractivity contribution < 1.29 is 53.1 Å². The first-order valence-electron chi connectivity index (χ1n) is 7.59. The van der Waals surface area contributed by atoms with E-state index < -0.39 is 60.4 Å². The first kappa shape index (κ1) is 23.3. The Bertz CT molecular complexity index is 554. The Labute approximate surface area is 149 Å². The lowest BCUT2D eigenvalue weighted by Crippen LogP contribution is -2.38. The predicted molar refractivity (Wildman–Crippen MR) is 81.5 cm³/mol. The summed E-state index contributed by atoms with van der Waals surface area (Å²) in [6.07, 6.45) is -7.12. The number of aliphatic carboxylic acids is 1. The van der Waals surface area contributed by atoms with Crippen molar-refractivity contribution in [2.24, 2.45) is 0 Å². The summed E-state index contributed by atoms with van der Waals surface area (Å²) in [5.41, 5.74) is 0. The van der Waals surface area contributed by atoms with Gasteiger partial charge >= 0.3 is 29.8 Å². The smallest absolute Gasteiger partial charge is 0.347 e. The molecule has 0 amide bonds. The van der Waals surface area contributed by atoms with Crippen LogP contribution in [0.3, 0.4) is 0 Å². The number of carboxylic acid groups (broad SMARTS) is 1. The van der Waals surface area contributed by atoms with Crippen molar-refractivity contribution in [3.05, 3.63) is 0 Å². The third-order valence-electron chi connectivity index (χ3n) is 2.86. The highest BCUT2D eigenvalue weighted by Gasteiger charge is 2.30. The molecule has 0 heterocycles. The van der Waals surface area contributed by atoms with Gasteiger partial charge in [0.15, 0.2) is 24.4 Å². The minimum absolute atomic E-state index is 1.05. The predicted octanol–water partition coefficient (Wildman–Crippen LogP) is -0.821. The van der Waals surface area contributed by atoms with Crippen LogP contribution in [0.2, 0.25) is 0 Å². The van der Waals surface area contributed by atoms with Gasteiger partial charge in [0.1, 0.15) is 6.10 Å². The van der Waals surface area contributed by atoms with E-state index in [0.717, 1.165) is 27.7 Å². The Morgan fingerprint density at radius 2 is 0.846 bits per heavy atom. The average molecular weight is 378 g/mol. The summed E-state index contributed by atoms with van der Waals surface area (Å²) in [5, 5.41) is 17.6. The Morgan fingerprint density at radius 1 is 0.577 bits per heavy atom. The van der Waals surface area contributed by atoms with Crippen LogP contribution >= 0.6 is 0 Å². The summed E-state index contributed by atoms with van der Waals surface area (Å²) in [6.45, 7) is 5.74. The molecule has 0 bridgehead atoms. The van der Waals surface area contributed by atoms with E-state index in [1.165, 1.54) is 6.92 Å². The highest BCUT2D eigenvalue weighted by molar-refractivity contribution is 5.85. The van der Waals surface area contributed by atoms with Gasteiger partial charge in [-0.15, -0.1) is 0 Å². The Hall–Kier alpha value is -2.69. The largest absolute Gasteiger partial charge is 0.479 e. The van der Waals surface area contributed by atoms with Gasteiger partial charge < -0.3 is 29.2 Å². The SMILES string of the molecule is C[C@H](O)C(=O)O[C@@H](C)C(=O)O[C@@H](C)C(=O)O[C@@H](C)C(=O)O[C@@H](C)C(=O)O. The monoisotopic (exact) mass is 378 g/mol. The Balaban J connectivity index is 4.54. The number of carbonyl (C=O) groups excluding carboxylic acids is 4. The highest BCUT2D eigenvalue weighted by Crippen LogP contribution is 2.06. The molecule has 5 atom stereocenters. The summed E-state index contributed by atoms with van der Waals surface area (Å²) >= 11 is 0. The second-order valence-electron chi connectivity index (χ2n) is 5.33. The first-order chi connectivity index (χ1) is 11.9. The molecule has 11 heteroatoms. The van der Waals surface area contributed by atoms with Crippen molar-refractivity contribution in [3.8, 4) is 0 Å².